The molecule has 0 saturated heterocycles. The lowest BCUT2D eigenvalue weighted by Crippen LogP contribution is -2.36. The number of hydrogen-bond acceptors (Lipinski definition) is 4. The molecule has 6 heteroatoms. The topological polar surface area (TPSA) is 68.1 Å². The zero-order chi connectivity index (χ0) is 26.6. The Bertz CT molecular complexity index is 1490. The Morgan fingerprint density at radius 1 is 1.05 bits per heavy atom. The van der Waals surface area contributed by atoms with Gasteiger partial charge in [0.1, 0.15) is 0 Å². The van der Waals surface area contributed by atoms with Crippen LogP contribution in [0, 0.1) is 5.92 Å². The van der Waals surface area contributed by atoms with E-state index in [1.807, 2.05) is 41.9 Å². The Labute approximate surface area is 219 Å². The van der Waals surface area contributed by atoms with Crippen molar-refractivity contribution >= 4 is 34.5 Å². The van der Waals surface area contributed by atoms with Gasteiger partial charge >= 0.3 is 0 Å². The quantitative estimate of drug-likeness (QED) is 0.281. The van der Waals surface area contributed by atoms with Crippen LogP contribution in [0.4, 0.5) is 5.69 Å². The van der Waals surface area contributed by atoms with E-state index in [4.69, 9.17) is 0 Å². The highest BCUT2D eigenvalue weighted by atomic mass is 16.2. The zero-order valence-corrected chi connectivity index (χ0v) is 21.3. The molecule has 2 aromatic heterocycles. The molecule has 1 atom stereocenters. The van der Waals surface area contributed by atoms with E-state index in [9.17, 15) is 11.0 Å². The van der Waals surface area contributed by atoms with Crippen molar-refractivity contribution < 1.29 is 11.0 Å². The summed E-state index contributed by atoms with van der Waals surface area (Å²) in [5.74, 6) is -0.201. The fourth-order valence-corrected chi connectivity index (χ4v) is 4.92. The van der Waals surface area contributed by atoms with Crippen LogP contribution < -0.4 is 4.90 Å². The van der Waals surface area contributed by atoms with E-state index in [1.165, 1.54) is 13.0 Å². The minimum absolute atomic E-state index is 0.0381. The Morgan fingerprint density at radius 3 is 2.57 bits per heavy atom. The van der Waals surface area contributed by atoms with E-state index in [-0.39, 0.29) is 17.6 Å². The molecule has 0 radical (unpaired) electrons. The summed E-state index contributed by atoms with van der Waals surface area (Å²) < 4.78 is 11.2. The van der Waals surface area contributed by atoms with Gasteiger partial charge in [-0.1, -0.05) is 49.6 Å². The van der Waals surface area contributed by atoms with Crippen molar-refractivity contribution in [3.05, 3.63) is 84.5 Å². The molecule has 0 spiro atoms. The van der Waals surface area contributed by atoms with Crippen LogP contribution in [0.25, 0.3) is 28.2 Å². The van der Waals surface area contributed by atoms with Crippen LogP contribution in [0.3, 0.4) is 0 Å². The Balaban J connectivity index is 1.46. The molecule has 0 bridgehead atoms. The predicted molar refractivity (Wildman–Crippen MR) is 148 cm³/mol. The molecule has 2 aromatic carbocycles. The van der Waals surface area contributed by atoms with Gasteiger partial charge in [0.2, 0.25) is 5.91 Å². The predicted octanol–water partition coefficient (Wildman–Crippen LogP) is 6.35. The highest BCUT2D eigenvalue weighted by Crippen LogP contribution is 2.30. The molecule has 188 valence electrons. The van der Waals surface area contributed by atoms with Crippen molar-refractivity contribution in [3.63, 3.8) is 0 Å². The number of fused-ring (bicyclic) bond motifs is 1. The Hall–Kier alpha value is -4.06. The number of nitrogens with zero attached hydrogens (tertiary/aromatic N) is 4. The van der Waals surface area contributed by atoms with Crippen molar-refractivity contribution in [1.29, 1.82) is 0 Å². The molecule has 5 rings (SSSR count). The van der Waals surface area contributed by atoms with Crippen LogP contribution in [-0.4, -0.2) is 26.2 Å². The van der Waals surface area contributed by atoms with Gasteiger partial charge in [-0.05, 0) is 72.4 Å². The second kappa shape index (κ2) is 10.9. The minimum Gasteiger partial charge on any atom is -0.334 e. The number of imidazole rings is 1. The number of carbonyl (C=O) groups excluding carboxylic acids is 2. The lowest BCUT2D eigenvalue weighted by molar-refractivity contribution is -0.123. The van der Waals surface area contributed by atoms with Crippen molar-refractivity contribution in [2.24, 2.45) is 13.0 Å². The molecule has 1 amide bonds. The van der Waals surface area contributed by atoms with Crippen LogP contribution in [0.1, 0.15) is 51.5 Å². The van der Waals surface area contributed by atoms with E-state index >= 15 is 0 Å². The van der Waals surface area contributed by atoms with Crippen LogP contribution >= 0.6 is 0 Å². The summed E-state index contributed by atoms with van der Waals surface area (Å²) in [5, 5.41) is 0. The number of amides is 1. The normalized spacial score (nSPS) is 15.6. The maximum absolute atomic E-state index is 13.8. The van der Waals surface area contributed by atoms with Gasteiger partial charge in [0.05, 0.1) is 37.1 Å². The van der Waals surface area contributed by atoms with Crippen molar-refractivity contribution in [3.8, 4) is 11.1 Å². The third kappa shape index (κ3) is 5.69. The van der Waals surface area contributed by atoms with E-state index < -0.39 is 6.52 Å². The van der Waals surface area contributed by atoms with Crippen molar-refractivity contribution in [2.45, 2.75) is 45.5 Å². The molecule has 6 nitrogen and oxygen atoms in total. The van der Waals surface area contributed by atoms with Gasteiger partial charge in [0, 0.05) is 19.2 Å². The van der Waals surface area contributed by atoms with Crippen LogP contribution in [0.2, 0.25) is 0 Å². The van der Waals surface area contributed by atoms with E-state index in [1.54, 1.807) is 29.7 Å². The van der Waals surface area contributed by atoms with E-state index in [0.29, 0.717) is 11.3 Å². The first-order chi connectivity index (χ1) is 18.4. The number of rotatable bonds is 7. The highest BCUT2D eigenvalue weighted by molar-refractivity contribution is 5.95. The van der Waals surface area contributed by atoms with Gasteiger partial charge in [-0.2, -0.15) is 0 Å². The van der Waals surface area contributed by atoms with Crippen LogP contribution in [0.15, 0.2) is 73.3 Å². The largest absolute Gasteiger partial charge is 0.334 e. The van der Waals surface area contributed by atoms with Gasteiger partial charge in [-0.3, -0.25) is 14.6 Å². The summed E-state index contributed by atoms with van der Waals surface area (Å²) in [6.45, 7) is 0.565. The van der Waals surface area contributed by atoms with Gasteiger partial charge in [-0.25, -0.2) is 4.98 Å². The highest BCUT2D eigenvalue weighted by Gasteiger charge is 2.27. The number of allylic oxidation sites excluding steroid dienone is 1. The summed E-state index contributed by atoms with van der Waals surface area (Å²) in [6.07, 6.45) is 13.1. The summed E-state index contributed by atoms with van der Waals surface area (Å²) in [4.78, 5) is 35.6. The van der Waals surface area contributed by atoms with Crippen molar-refractivity contribution in [2.75, 3.05) is 4.90 Å². The molecule has 4 aromatic rings. The maximum atomic E-state index is 13.8. The molecule has 1 saturated carbocycles. The average molecular weight is 494 g/mol. The third-order valence-corrected chi connectivity index (χ3v) is 6.97. The Morgan fingerprint density at radius 2 is 1.81 bits per heavy atom. The zero-order valence-electron chi connectivity index (χ0n) is 22.3. The molecule has 1 unspecified atom stereocenters. The number of anilines is 1. The molecule has 0 N–H and O–H groups in total. The van der Waals surface area contributed by atoms with Gasteiger partial charge in [0.15, 0.2) is 5.78 Å². The lowest BCUT2D eigenvalue weighted by atomic mass is 9.88. The first-order valence-corrected chi connectivity index (χ1v) is 12.8. The lowest BCUT2D eigenvalue weighted by Gasteiger charge is -2.29. The minimum atomic E-state index is -0.925. The number of carbonyl (C=O) groups is 2. The summed E-state index contributed by atoms with van der Waals surface area (Å²) in [7, 11) is 1.98. The molecule has 1 aliphatic rings. The first kappa shape index (κ1) is 23.3. The standard InChI is InChI=1S/C31H32N4O2/c1-22(36)8-9-24-16-28(19-32-18-24)35(31(37)26-6-4-3-5-7-26)20-23-10-12-25(13-11-23)27-14-15-30-29(17-27)33-21-34(30)2/h8-19,21,26H,3-7,20H2,1-2H3/b9-8+/i20D. The van der Waals surface area contributed by atoms with E-state index in [2.05, 4.69) is 28.2 Å². The smallest absolute Gasteiger partial charge is 0.230 e. The van der Waals surface area contributed by atoms with Crippen molar-refractivity contribution in [1.82, 2.24) is 14.5 Å². The number of aromatic nitrogens is 3. The van der Waals surface area contributed by atoms with Gasteiger partial charge in [-0.15, -0.1) is 0 Å². The number of benzene rings is 2. The number of aryl methyl sites for hydroxylation is 1. The first-order valence-electron chi connectivity index (χ1n) is 13.4. The Kier molecular flexibility index (Phi) is 6.88. The van der Waals surface area contributed by atoms with Gasteiger partial charge < -0.3 is 9.47 Å². The number of ketones is 1. The molecular weight excluding hydrogens is 460 g/mol. The molecule has 1 aliphatic carbocycles. The average Bonchev–Trinajstić information content (AvgIpc) is 3.32. The van der Waals surface area contributed by atoms with Crippen LogP contribution in [0.5, 0.6) is 0 Å². The monoisotopic (exact) mass is 493 g/mol. The maximum Gasteiger partial charge on any atom is 0.230 e. The van der Waals surface area contributed by atoms with Crippen LogP contribution in [-0.2, 0) is 23.2 Å². The molecule has 2 heterocycles. The fraction of sp³-hybridized carbons (Fsp3) is 0.290. The summed E-state index contributed by atoms with van der Waals surface area (Å²) in [5.41, 5.74) is 6.08. The second-order valence-electron chi connectivity index (χ2n) is 9.77. The summed E-state index contributed by atoms with van der Waals surface area (Å²) in [6, 6.07) is 15.8. The fourth-order valence-electron chi connectivity index (χ4n) is 4.92. The second-order valence-corrected chi connectivity index (χ2v) is 9.77. The molecular formula is C31H32N4O2. The molecule has 1 fully saturated rings. The molecule has 37 heavy (non-hydrogen) atoms. The number of hydrogen-bond donors (Lipinski definition) is 0. The number of pyridine rings is 1. The van der Waals surface area contributed by atoms with E-state index in [0.717, 1.165) is 59.8 Å². The van der Waals surface area contributed by atoms with Gasteiger partial charge in [0.25, 0.3) is 0 Å². The SMILES string of the molecule is [2H]C(c1ccc(-c2ccc3c(c2)ncn3C)cc1)N(C(=O)C1CCCCC1)c1cncc(/C=C/C(C)=O)c1. The molecule has 0 aliphatic heterocycles. The third-order valence-electron chi connectivity index (χ3n) is 6.97. The summed E-state index contributed by atoms with van der Waals surface area (Å²) >= 11 is 0.